The molecular formula is C22H24O3. The highest BCUT2D eigenvalue weighted by Crippen LogP contribution is 2.65. The van der Waals surface area contributed by atoms with Gasteiger partial charge in [0.2, 0.25) is 0 Å². The molecule has 0 unspecified atom stereocenters. The molecule has 1 aromatic heterocycles. The molecule has 0 aliphatic heterocycles. The first-order chi connectivity index (χ1) is 12.1. The van der Waals surface area contributed by atoms with Gasteiger partial charge in [-0.05, 0) is 42.7 Å². The summed E-state index contributed by atoms with van der Waals surface area (Å²) < 4.78 is 11.2. The number of esters is 1. The third kappa shape index (κ3) is 3.15. The van der Waals surface area contributed by atoms with Crippen LogP contribution in [0.25, 0.3) is 0 Å². The molecule has 2 aliphatic carbocycles. The van der Waals surface area contributed by atoms with Gasteiger partial charge in [0.1, 0.15) is 12.4 Å². The number of hydrogen-bond donors (Lipinski definition) is 0. The minimum Gasteiger partial charge on any atom is -0.469 e. The van der Waals surface area contributed by atoms with Gasteiger partial charge in [0.15, 0.2) is 0 Å². The minimum atomic E-state index is -0.0655. The number of benzene rings is 1. The third-order valence-electron chi connectivity index (χ3n) is 5.81. The van der Waals surface area contributed by atoms with Crippen LogP contribution in [0.15, 0.2) is 58.7 Å². The van der Waals surface area contributed by atoms with Crippen molar-refractivity contribution in [3.8, 4) is 0 Å². The van der Waals surface area contributed by atoms with E-state index in [-0.39, 0.29) is 17.3 Å². The van der Waals surface area contributed by atoms with E-state index in [1.165, 1.54) is 11.1 Å². The summed E-state index contributed by atoms with van der Waals surface area (Å²) in [5.41, 5.74) is 3.64. The van der Waals surface area contributed by atoms with Gasteiger partial charge in [0.25, 0.3) is 0 Å². The van der Waals surface area contributed by atoms with Gasteiger partial charge in [-0.25, -0.2) is 0 Å². The number of hydrogen-bond acceptors (Lipinski definition) is 3. The standard InChI is InChI=1S/C22H24O3/c1-15-8-9-22(2)19(10-15)20(22)21(23)25-14-17-12-18(24-13-17)11-16-6-4-3-5-7-16/h3-7,10,12-13,19-20H,8-9,11,14H2,1-2H3/t19-,20-,22-/m1/s1. The molecule has 4 rings (SSSR count). The second kappa shape index (κ2) is 6.21. The smallest absolute Gasteiger partial charge is 0.310 e. The number of carbonyl (C=O) groups excluding carboxylic acids is 1. The zero-order chi connectivity index (χ0) is 17.4. The first-order valence-corrected chi connectivity index (χ1v) is 9.00. The van der Waals surface area contributed by atoms with E-state index in [0.29, 0.717) is 12.5 Å². The summed E-state index contributed by atoms with van der Waals surface area (Å²) in [6.45, 7) is 4.65. The van der Waals surface area contributed by atoms with Crippen molar-refractivity contribution in [2.24, 2.45) is 17.3 Å². The summed E-state index contributed by atoms with van der Waals surface area (Å²) in [5.74, 6) is 1.22. The molecule has 1 aromatic carbocycles. The van der Waals surface area contributed by atoms with Crippen LogP contribution in [0.1, 0.15) is 43.6 Å². The molecule has 1 saturated carbocycles. The summed E-state index contributed by atoms with van der Waals surface area (Å²) in [6, 6.07) is 12.2. The molecule has 0 bridgehead atoms. The lowest BCUT2D eigenvalue weighted by atomic mass is 9.90. The van der Waals surface area contributed by atoms with Crippen LogP contribution in [0.3, 0.4) is 0 Å². The first-order valence-electron chi connectivity index (χ1n) is 9.00. The van der Waals surface area contributed by atoms with Crippen molar-refractivity contribution < 1.29 is 13.9 Å². The van der Waals surface area contributed by atoms with Gasteiger partial charge in [-0.2, -0.15) is 0 Å². The highest BCUT2D eigenvalue weighted by atomic mass is 16.5. The molecule has 3 heteroatoms. The lowest BCUT2D eigenvalue weighted by Gasteiger charge is -2.15. The zero-order valence-electron chi connectivity index (χ0n) is 14.8. The van der Waals surface area contributed by atoms with Crippen molar-refractivity contribution in [3.05, 3.63) is 71.2 Å². The second-order valence-corrected chi connectivity index (χ2v) is 7.71. The van der Waals surface area contributed by atoms with E-state index in [4.69, 9.17) is 9.15 Å². The van der Waals surface area contributed by atoms with Gasteiger partial charge in [0.05, 0.1) is 12.2 Å². The minimum absolute atomic E-state index is 0.0284. The molecule has 130 valence electrons. The van der Waals surface area contributed by atoms with Gasteiger partial charge in [0, 0.05) is 12.0 Å². The topological polar surface area (TPSA) is 39.4 Å². The molecule has 25 heavy (non-hydrogen) atoms. The van der Waals surface area contributed by atoms with E-state index < -0.39 is 0 Å². The van der Waals surface area contributed by atoms with Crippen molar-refractivity contribution in [1.82, 2.24) is 0 Å². The molecule has 3 atom stereocenters. The maximum Gasteiger partial charge on any atom is 0.310 e. The Bertz CT molecular complexity index is 802. The Morgan fingerprint density at radius 2 is 2.08 bits per heavy atom. The van der Waals surface area contributed by atoms with Crippen LogP contribution in [0.4, 0.5) is 0 Å². The summed E-state index contributed by atoms with van der Waals surface area (Å²) in [6.07, 6.45) is 6.90. The fourth-order valence-electron chi connectivity index (χ4n) is 4.12. The van der Waals surface area contributed by atoms with Crippen LogP contribution < -0.4 is 0 Å². The monoisotopic (exact) mass is 336 g/mol. The average Bonchev–Trinajstić information content (AvgIpc) is 2.97. The number of allylic oxidation sites excluding steroid dienone is 2. The fraction of sp³-hybridized carbons (Fsp3) is 0.409. The Morgan fingerprint density at radius 3 is 2.84 bits per heavy atom. The van der Waals surface area contributed by atoms with Gasteiger partial charge in [-0.15, -0.1) is 0 Å². The van der Waals surface area contributed by atoms with E-state index >= 15 is 0 Å². The summed E-state index contributed by atoms with van der Waals surface area (Å²) in [5, 5.41) is 0. The molecular weight excluding hydrogens is 312 g/mol. The molecule has 3 nitrogen and oxygen atoms in total. The highest BCUT2D eigenvalue weighted by Gasteiger charge is 2.65. The number of ether oxygens (including phenoxy) is 1. The summed E-state index contributed by atoms with van der Waals surface area (Å²) in [7, 11) is 0. The number of rotatable bonds is 5. The van der Waals surface area contributed by atoms with E-state index in [1.54, 1.807) is 6.26 Å². The van der Waals surface area contributed by atoms with Gasteiger partial charge < -0.3 is 9.15 Å². The molecule has 1 heterocycles. The van der Waals surface area contributed by atoms with E-state index in [1.807, 2.05) is 24.3 Å². The van der Waals surface area contributed by atoms with Crippen LogP contribution in [-0.2, 0) is 22.6 Å². The van der Waals surface area contributed by atoms with E-state index in [9.17, 15) is 4.79 Å². The molecule has 2 aliphatic rings. The number of carbonyl (C=O) groups is 1. The Hall–Kier alpha value is -2.29. The summed E-state index contributed by atoms with van der Waals surface area (Å²) in [4.78, 5) is 12.5. The van der Waals surface area contributed by atoms with Crippen molar-refractivity contribution in [3.63, 3.8) is 0 Å². The van der Waals surface area contributed by atoms with Gasteiger partial charge in [-0.1, -0.05) is 48.9 Å². The normalized spacial score (nSPS) is 27.4. The Balaban J connectivity index is 1.33. The number of fused-ring (bicyclic) bond motifs is 1. The largest absolute Gasteiger partial charge is 0.469 e. The lowest BCUT2D eigenvalue weighted by Crippen LogP contribution is -2.12. The van der Waals surface area contributed by atoms with Gasteiger partial charge in [-0.3, -0.25) is 4.79 Å². The van der Waals surface area contributed by atoms with Crippen LogP contribution in [0, 0.1) is 17.3 Å². The van der Waals surface area contributed by atoms with Crippen molar-refractivity contribution >= 4 is 5.97 Å². The fourth-order valence-corrected chi connectivity index (χ4v) is 4.12. The summed E-state index contributed by atoms with van der Waals surface area (Å²) >= 11 is 0. The maximum absolute atomic E-state index is 12.5. The predicted molar refractivity (Wildman–Crippen MR) is 95.8 cm³/mol. The van der Waals surface area contributed by atoms with E-state index in [0.717, 1.165) is 30.6 Å². The molecule has 0 saturated heterocycles. The molecule has 0 N–H and O–H groups in total. The van der Waals surface area contributed by atoms with Crippen LogP contribution in [-0.4, -0.2) is 5.97 Å². The molecule has 0 radical (unpaired) electrons. The Kier molecular flexibility index (Phi) is 4.03. The lowest BCUT2D eigenvalue weighted by molar-refractivity contribution is -0.147. The Labute approximate surface area is 148 Å². The average molecular weight is 336 g/mol. The quantitative estimate of drug-likeness (QED) is 0.575. The number of furan rings is 1. The first kappa shape index (κ1) is 16.2. The van der Waals surface area contributed by atoms with Gasteiger partial charge >= 0.3 is 5.97 Å². The zero-order valence-corrected chi connectivity index (χ0v) is 14.8. The SMILES string of the molecule is CC1=C[C@@H]2[C@H](C(=O)OCc3coc(Cc4ccccc4)c3)[C@]2(C)CC1. The molecule has 0 amide bonds. The van der Waals surface area contributed by atoms with Crippen molar-refractivity contribution in [2.45, 2.75) is 39.7 Å². The van der Waals surface area contributed by atoms with Crippen molar-refractivity contribution in [2.75, 3.05) is 0 Å². The molecule has 2 aromatic rings. The molecule has 0 spiro atoms. The second-order valence-electron chi connectivity index (χ2n) is 7.71. The van der Waals surface area contributed by atoms with Crippen molar-refractivity contribution in [1.29, 1.82) is 0 Å². The van der Waals surface area contributed by atoms with Crippen LogP contribution >= 0.6 is 0 Å². The third-order valence-corrected chi connectivity index (χ3v) is 5.81. The predicted octanol–water partition coefficient (Wildman–Crippen LogP) is 4.91. The van der Waals surface area contributed by atoms with Crippen LogP contribution in [0.5, 0.6) is 0 Å². The molecule has 1 fully saturated rings. The van der Waals surface area contributed by atoms with E-state index in [2.05, 4.69) is 32.1 Å². The Morgan fingerprint density at radius 1 is 1.28 bits per heavy atom. The highest BCUT2D eigenvalue weighted by molar-refractivity contribution is 5.78. The maximum atomic E-state index is 12.5. The van der Waals surface area contributed by atoms with Crippen LogP contribution in [0.2, 0.25) is 0 Å².